The van der Waals surface area contributed by atoms with Crippen molar-refractivity contribution in [3.05, 3.63) is 0 Å². The second-order valence-corrected chi connectivity index (χ2v) is 1.43. The molecule has 0 fully saturated rings. The molecular formula is C6H12O3. The van der Waals surface area contributed by atoms with Gasteiger partial charge in [0.25, 0.3) is 0 Å². The Morgan fingerprint density at radius 2 is 1.33 bits per heavy atom. The first-order valence-electron chi connectivity index (χ1n) is 2.68. The van der Waals surface area contributed by atoms with Gasteiger partial charge in [-0.3, -0.25) is 9.59 Å². The number of hydrogen-bond donors (Lipinski definition) is 1. The molecule has 0 heterocycles. The van der Waals surface area contributed by atoms with Crippen LogP contribution in [0, 0.1) is 0 Å². The van der Waals surface area contributed by atoms with Crippen LogP contribution in [0.2, 0.25) is 0 Å². The Morgan fingerprint density at radius 3 is 1.33 bits per heavy atom. The third kappa shape index (κ3) is 18.8. The molecule has 0 aliphatic rings. The maximum absolute atomic E-state index is 9.79. The van der Waals surface area contributed by atoms with Crippen molar-refractivity contribution in [1.29, 1.82) is 0 Å². The Labute approximate surface area is 54.7 Å². The van der Waals surface area contributed by atoms with Crippen molar-refractivity contribution in [2.45, 2.75) is 20.8 Å². The first kappa shape index (κ1) is 11.1. The van der Waals surface area contributed by atoms with Gasteiger partial charge in [0.1, 0.15) is 0 Å². The van der Waals surface area contributed by atoms with Gasteiger partial charge in [-0.1, -0.05) is 0 Å². The van der Waals surface area contributed by atoms with E-state index >= 15 is 0 Å². The van der Waals surface area contributed by atoms with Crippen molar-refractivity contribution in [1.82, 2.24) is 0 Å². The molecule has 3 heteroatoms. The molecule has 0 rings (SSSR count). The number of aliphatic hydroxyl groups is 1. The fraction of sp³-hybridized carbons (Fsp3) is 0.667. The van der Waals surface area contributed by atoms with Crippen LogP contribution in [-0.4, -0.2) is 23.3 Å². The van der Waals surface area contributed by atoms with Crippen LogP contribution >= 0.6 is 0 Å². The molecule has 0 amide bonds. The Hall–Kier alpha value is -0.700. The zero-order valence-corrected chi connectivity index (χ0v) is 5.97. The van der Waals surface area contributed by atoms with Gasteiger partial charge < -0.3 is 5.11 Å². The van der Waals surface area contributed by atoms with E-state index in [4.69, 9.17) is 5.11 Å². The van der Waals surface area contributed by atoms with Crippen LogP contribution in [0.15, 0.2) is 0 Å². The first-order valence-corrected chi connectivity index (χ1v) is 2.68. The van der Waals surface area contributed by atoms with Crippen molar-refractivity contribution < 1.29 is 14.7 Å². The Morgan fingerprint density at radius 1 is 1.22 bits per heavy atom. The van der Waals surface area contributed by atoms with E-state index in [2.05, 4.69) is 0 Å². The minimum Gasteiger partial charge on any atom is -0.397 e. The Bertz CT molecular complexity index is 84.5. The number of hydrogen-bond acceptors (Lipinski definition) is 3. The molecule has 54 valence electrons. The van der Waals surface area contributed by atoms with E-state index in [0.717, 1.165) is 0 Å². The smallest absolute Gasteiger partial charge is 0.195 e. The Kier molecular flexibility index (Phi) is 9.04. The SMILES string of the molecule is CC(=O)C(C)=O.CCO. The van der Waals surface area contributed by atoms with E-state index in [0.29, 0.717) is 0 Å². The number of aliphatic hydroxyl groups excluding tert-OH is 1. The van der Waals surface area contributed by atoms with Gasteiger partial charge in [-0.25, -0.2) is 0 Å². The summed E-state index contributed by atoms with van der Waals surface area (Å²) in [5.41, 5.74) is 0. The maximum atomic E-state index is 9.79. The summed E-state index contributed by atoms with van der Waals surface area (Å²) in [7, 11) is 0. The van der Waals surface area contributed by atoms with Gasteiger partial charge >= 0.3 is 0 Å². The van der Waals surface area contributed by atoms with E-state index in [1.807, 2.05) is 0 Å². The van der Waals surface area contributed by atoms with Crippen LogP contribution in [0.4, 0.5) is 0 Å². The third-order valence-electron chi connectivity index (χ3n) is 0.496. The Balaban J connectivity index is 0. The largest absolute Gasteiger partial charge is 0.397 e. The fourth-order valence-electron chi connectivity index (χ4n) is 0. The first-order chi connectivity index (χ1) is 4.06. The van der Waals surface area contributed by atoms with E-state index in [1.54, 1.807) is 6.92 Å². The zero-order chi connectivity index (χ0) is 7.86. The lowest BCUT2D eigenvalue weighted by Gasteiger charge is -1.73. The number of carbonyl (C=O) groups is 2. The molecule has 0 aliphatic heterocycles. The molecule has 9 heavy (non-hydrogen) atoms. The summed E-state index contributed by atoms with van der Waals surface area (Å²) in [4.78, 5) is 19.6. The molecule has 0 spiro atoms. The predicted octanol–water partition coefficient (Wildman–Crippen LogP) is 0.163. The minimum atomic E-state index is -0.380. The van der Waals surface area contributed by atoms with E-state index < -0.39 is 0 Å². The molecule has 0 radical (unpaired) electrons. The summed E-state index contributed by atoms with van der Waals surface area (Å²) in [5.74, 6) is -0.759. The quantitative estimate of drug-likeness (QED) is 0.517. The highest BCUT2D eigenvalue weighted by atomic mass is 16.2. The molecule has 1 N–H and O–H groups in total. The fourth-order valence-corrected chi connectivity index (χ4v) is 0. The lowest BCUT2D eigenvalue weighted by molar-refractivity contribution is -0.134. The van der Waals surface area contributed by atoms with E-state index in [1.165, 1.54) is 13.8 Å². The van der Waals surface area contributed by atoms with Gasteiger partial charge in [0.2, 0.25) is 0 Å². The summed E-state index contributed by atoms with van der Waals surface area (Å²) < 4.78 is 0. The number of carbonyl (C=O) groups excluding carboxylic acids is 2. The predicted molar refractivity (Wildman–Crippen MR) is 34.1 cm³/mol. The topological polar surface area (TPSA) is 54.4 Å². The van der Waals surface area contributed by atoms with Crippen LogP contribution in [0.25, 0.3) is 0 Å². The summed E-state index contributed by atoms with van der Waals surface area (Å²) >= 11 is 0. The molecule has 0 saturated heterocycles. The van der Waals surface area contributed by atoms with Gasteiger partial charge in [0.15, 0.2) is 11.6 Å². The highest BCUT2D eigenvalue weighted by Gasteiger charge is 1.94. The molecule has 0 aliphatic carbocycles. The monoisotopic (exact) mass is 132 g/mol. The summed E-state index contributed by atoms with van der Waals surface area (Å²) in [5, 5.41) is 7.57. The summed E-state index contributed by atoms with van der Waals surface area (Å²) in [6.45, 7) is 4.44. The standard InChI is InChI=1S/C4H6O2.C2H6O/c1-3(5)4(2)6;1-2-3/h1-2H3;3H,2H2,1H3. The minimum absolute atomic E-state index is 0.250. The maximum Gasteiger partial charge on any atom is 0.195 e. The van der Waals surface area contributed by atoms with Crippen LogP contribution in [-0.2, 0) is 9.59 Å². The summed E-state index contributed by atoms with van der Waals surface area (Å²) in [6, 6.07) is 0. The van der Waals surface area contributed by atoms with Gasteiger partial charge in [-0.05, 0) is 6.92 Å². The highest BCUT2D eigenvalue weighted by Crippen LogP contribution is 1.66. The van der Waals surface area contributed by atoms with E-state index in [-0.39, 0.29) is 18.2 Å². The molecule has 0 aromatic heterocycles. The normalized spacial score (nSPS) is 7.11. The van der Waals surface area contributed by atoms with E-state index in [9.17, 15) is 9.59 Å². The van der Waals surface area contributed by atoms with Gasteiger partial charge in [-0.2, -0.15) is 0 Å². The molecule has 0 unspecified atom stereocenters. The van der Waals surface area contributed by atoms with Crippen LogP contribution in [0.3, 0.4) is 0 Å². The van der Waals surface area contributed by atoms with Crippen LogP contribution in [0.5, 0.6) is 0 Å². The summed E-state index contributed by atoms with van der Waals surface area (Å²) in [6.07, 6.45) is 0. The average Bonchev–Trinajstić information content (AvgIpc) is 1.68. The van der Waals surface area contributed by atoms with Gasteiger partial charge in [0, 0.05) is 20.5 Å². The van der Waals surface area contributed by atoms with Gasteiger partial charge in [0.05, 0.1) is 0 Å². The number of Topliss-reactive ketones (excluding diaryl/α,β-unsaturated/α-hetero) is 2. The number of ketones is 2. The number of rotatable bonds is 1. The molecule has 0 bridgehead atoms. The van der Waals surface area contributed by atoms with Crippen molar-refractivity contribution in [2.75, 3.05) is 6.61 Å². The molecular weight excluding hydrogens is 120 g/mol. The van der Waals surface area contributed by atoms with Gasteiger partial charge in [-0.15, -0.1) is 0 Å². The average molecular weight is 132 g/mol. The molecule has 0 aromatic rings. The molecule has 0 atom stereocenters. The molecule has 3 nitrogen and oxygen atoms in total. The van der Waals surface area contributed by atoms with Crippen molar-refractivity contribution in [2.24, 2.45) is 0 Å². The zero-order valence-electron chi connectivity index (χ0n) is 5.97. The third-order valence-corrected chi connectivity index (χ3v) is 0.496. The van der Waals surface area contributed by atoms with Crippen LogP contribution < -0.4 is 0 Å². The second-order valence-electron chi connectivity index (χ2n) is 1.43. The van der Waals surface area contributed by atoms with Crippen molar-refractivity contribution in [3.63, 3.8) is 0 Å². The lowest BCUT2D eigenvalue weighted by Crippen LogP contribution is -2.01. The molecule has 0 aromatic carbocycles. The molecule has 0 saturated carbocycles. The second kappa shape index (κ2) is 7.30. The van der Waals surface area contributed by atoms with Crippen molar-refractivity contribution in [3.8, 4) is 0 Å². The van der Waals surface area contributed by atoms with Crippen LogP contribution in [0.1, 0.15) is 20.8 Å². The van der Waals surface area contributed by atoms with Crippen molar-refractivity contribution >= 4 is 11.6 Å². The lowest BCUT2D eigenvalue weighted by atomic mass is 10.3. The highest BCUT2D eigenvalue weighted by molar-refractivity contribution is 6.35.